The minimum Gasteiger partial charge on any atom is -0.476 e. The first-order chi connectivity index (χ1) is 8.09. The van der Waals surface area contributed by atoms with Crippen LogP contribution in [0.2, 0.25) is 0 Å². The summed E-state index contributed by atoms with van der Waals surface area (Å²) in [7, 11) is 0. The molecule has 4 heteroatoms. The predicted molar refractivity (Wildman–Crippen MR) is 61.3 cm³/mol. The van der Waals surface area contributed by atoms with Gasteiger partial charge in [-0.2, -0.15) is 0 Å². The molecule has 1 aromatic heterocycles. The molecular weight excluding hydrogens is 221 g/mol. The van der Waals surface area contributed by atoms with Gasteiger partial charge in [0, 0.05) is 11.8 Å². The van der Waals surface area contributed by atoms with E-state index in [2.05, 4.69) is 4.98 Å². The number of aromatic nitrogens is 1. The Morgan fingerprint density at radius 2 is 2.12 bits per heavy atom. The lowest BCUT2D eigenvalue weighted by molar-refractivity contribution is 0.0691. The van der Waals surface area contributed by atoms with Crippen LogP contribution >= 0.6 is 0 Å². The molecule has 2 aromatic rings. The lowest BCUT2D eigenvalue weighted by Crippen LogP contribution is -2.02. The Hall–Kier alpha value is -2.23. The quantitative estimate of drug-likeness (QED) is 0.864. The molecule has 1 heterocycles. The van der Waals surface area contributed by atoms with Gasteiger partial charge in [0.1, 0.15) is 5.82 Å². The normalized spacial score (nSPS) is 10.2. The van der Waals surface area contributed by atoms with Crippen molar-refractivity contribution in [1.82, 2.24) is 4.98 Å². The second-order valence-corrected chi connectivity index (χ2v) is 3.67. The summed E-state index contributed by atoms with van der Waals surface area (Å²) in [6, 6.07) is 7.85. The van der Waals surface area contributed by atoms with Crippen LogP contribution in [0.1, 0.15) is 16.1 Å². The fourth-order valence-electron chi connectivity index (χ4n) is 1.57. The molecule has 3 nitrogen and oxygen atoms in total. The largest absolute Gasteiger partial charge is 0.476 e. The van der Waals surface area contributed by atoms with Gasteiger partial charge in [0.15, 0.2) is 5.69 Å². The molecule has 17 heavy (non-hydrogen) atoms. The van der Waals surface area contributed by atoms with Crippen LogP contribution in [0.25, 0.3) is 11.1 Å². The Bertz CT molecular complexity index is 581. The van der Waals surface area contributed by atoms with Gasteiger partial charge in [-0.15, -0.1) is 0 Å². The molecule has 86 valence electrons. The first-order valence-electron chi connectivity index (χ1n) is 5.04. The lowest BCUT2D eigenvalue weighted by atomic mass is 10.0. The third kappa shape index (κ3) is 2.15. The highest BCUT2D eigenvalue weighted by atomic mass is 19.1. The number of rotatable bonds is 2. The SMILES string of the molecule is Cc1ccc(-c2cccnc2C(=O)O)cc1F. The summed E-state index contributed by atoms with van der Waals surface area (Å²) in [5.41, 5.74) is 1.38. The van der Waals surface area contributed by atoms with Crippen LogP contribution in [0.15, 0.2) is 36.5 Å². The molecule has 2 rings (SSSR count). The van der Waals surface area contributed by atoms with Gasteiger partial charge in [-0.25, -0.2) is 14.2 Å². The van der Waals surface area contributed by atoms with Gasteiger partial charge in [-0.3, -0.25) is 0 Å². The second-order valence-electron chi connectivity index (χ2n) is 3.67. The fourth-order valence-corrected chi connectivity index (χ4v) is 1.57. The number of halogens is 1. The van der Waals surface area contributed by atoms with Gasteiger partial charge < -0.3 is 5.11 Å². The van der Waals surface area contributed by atoms with Crippen molar-refractivity contribution in [3.63, 3.8) is 0 Å². The number of aryl methyl sites for hydroxylation is 1. The molecule has 0 bridgehead atoms. The third-order valence-corrected chi connectivity index (χ3v) is 2.49. The van der Waals surface area contributed by atoms with E-state index in [1.807, 2.05) is 0 Å². The number of carbonyl (C=O) groups is 1. The zero-order valence-electron chi connectivity index (χ0n) is 9.14. The van der Waals surface area contributed by atoms with Crippen molar-refractivity contribution < 1.29 is 14.3 Å². The zero-order valence-corrected chi connectivity index (χ0v) is 9.14. The maximum Gasteiger partial charge on any atom is 0.355 e. The van der Waals surface area contributed by atoms with E-state index in [-0.39, 0.29) is 11.5 Å². The number of benzene rings is 1. The average molecular weight is 231 g/mol. The second kappa shape index (κ2) is 4.33. The van der Waals surface area contributed by atoms with Crippen LogP contribution < -0.4 is 0 Å². The molecule has 0 aliphatic heterocycles. The van der Waals surface area contributed by atoms with Gasteiger partial charge in [0.05, 0.1) is 0 Å². The summed E-state index contributed by atoms with van der Waals surface area (Å²) in [5, 5.41) is 8.99. The first kappa shape index (κ1) is 11.3. The van der Waals surface area contributed by atoms with Gasteiger partial charge in [0.2, 0.25) is 0 Å². The maximum atomic E-state index is 13.4. The Morgan fingerprint density at radius 3 is 2.76 bits per heavy atom. The minimum absolute atomic E-state index is 0.0734. The number of pyridine rings is 1. The van der Waals surface area contributed by atoms with Crippen LogP contribution in [0.5, 0.6) is 0 Å². The summed E-state index contributed by atoms with van der Waals surface area (Å²) in [6.45, 7) is 1.65. The standard InChI is InChI=1S/C13H10FNO2/c1-8-4-5-9(7-11(8)14)10-3-2-6-15-12(10)13(16)17/h2-7H,1H3,(H,16,17). The Balaban J connectivity index is 2.60. The van der Waals surface area contributed by atoms with Crippen molar-refractivity contribution >= 4 is 5.97 Å². The van der Waals surface area contributed by atoms with E-state index in [1.54, 1.807) is 31.2 Å². The van der Waals surface area contributed by atoms with Crippen molar-refractivity contribution in [2.24, 2.45) is 0 Å². The number of carboxylic acid groups (broad SMARTS) is 1. The summed E-state index contributed by atoms with van der Waals surface area (Å²) >= 11 is 0. The third-order valence-electron chi connectivity index (χ3n) is 2.49. The van der Waals surface area contributed by atoms with E-state index in [1.165, 1.54) is 12.3 Å². The Kier molecular flexibility index (Phi) is 2.87. The molecule has 0 unspecified atom stereocenters. The van der Waals surface area contributed by atoms with E-state index >= 15 is 0 Å². The van der Waals surface area contributed by atoms with E-state index < -0.39 is 5.97 Å². The summed E-state index contributed by atoms with van der Waals surface area (Å²) in [6.07, 6.45) is 1.40. The van der Waals surface area contributed by atoms with E-state index in [9.17, 15) is 9.18 Å². The average Bonchev–Trinajstić information content (AvgIpc) is 2.32. The number of hydrogen-bond acceptors (Lipinski definition) is 2. The van der Waals surface area contributed by atoms with Gasteiger partial charge >= 0.3 is 5.97 Å². The van der Waals surface area contributed by atoms with E-state index in [0.717, 1.165) is 0 Å². The first-order valence-corrected chi connectivity index (χ1v) is 5.04. The van der Waals surface area contributed by atoms with Crippen LogP contribution in [-0.2, 0) is 0 Å². The van der Waals surface area contributed by atoms with Crippen molar-refractivity contribution in [3.8, 4) is 11.1 Å². The highest BCUT2D eigenvalue weighted by Crippen LogP contribution is 2.24. The molecule has 0 spiro atoms. The molecule has 0 amide bonds. The number of nitrogens with zero attached hydrogens (tertiary/aromatic N) is 1. The molecule has 0 radical (unpaired) electrons. The lowest BCUT2D eigenvalue weighted by Gasteiger charge is -2.06. The van der Waals surface area contributed by atoms with E-state index in [4.69, 9.17) is 5.11 Å². The number of carboxylic acids is 1. The highest BCUT2D eigenvalue weighted by molar-refractivity contribution is 5.93. The predicted octanol–water partition coefficient (Wildman–Crippen LogP) is 2.89. The fraction of sp³-hybridized carbons (Fsp3) is 0.0769. The summed E-state index contributed by atoms with van der Waals surface area (Å²) in [4.78, 5) is 14.8. The molecule has 0 aliphatic carbocycles. The molecule has 0 atom stereocenters. The van der Waals surface area contributed by atoms with Crippen molar-refractivity contribution in [2.45, 2.75) is 6.92 Å². The molecule has 0 fully saturated rings. The molecule has 0 aliphatic rings. The topological polar surface area (TPSA) is 50.2 Å². The zero-order chi connectivity index (χ0) is 12.4. The Morgan fingerprint density at radius 1 is 1.35 bits per heavy atom. The van der Waals surface area contributed by atoms with Gasteiger partial charge in [-0.05, 0) is 30.2 Å². The summed E-state index contributed by atoms with van der Waals surface area (Å²) < 4.78 is 13.4. The highest BCUT2D eigenvalue weighted by Gasteiger charge is 2.13. The molecular formula is C13H10FNO2. The monoisotopic (exact) mass is 231 g/mol. The van der Waals surface area contributed by atoms with Crippen molar-refractivity contribution in [1.29, 1.82) is 0 Å². The molecule has 0 saturated heterocycles. The van der Waals surface area contributed by atoms with Gasteiger partial charge in [-0.1, -0.05) is 18.2 Å². The maximum absolute atomic E-state index is 13.4. The Labute approximate surface area is 97.6 Å². The van der Waals surface area contributed by atoms with Crippen LogP contribution in [0, 0.1) is 12.7 Å². The molecule has 1 N–H and O–H groups in total. The number of aromatic carboxylic acids is 1. The minimum atomic E-state index is -1.12. The summed E-state index contributed by atoms with van der Waals surface area (Å²) in [5.74, 6) is -1.48. The smallest absolute Gasteiger partial charge is 0.355 e. The molecule has 0 saturated carbocycles. The van der Waals surface area contributed by atoms with Crippen LogP contribution in [0.4, 0.5) is 4.39 Å². The van der Waals surface area contributed by atoms with Crippen LogP contribution in [-0.4, -0.2) is 16.1 Å². The molecule has 1 aromatic carbocycles. The van der Waals surface area contributed by atoms with Crippen LogP contribution in [0.3, 0.4) is 0 Å². The number of hydrogen-bond donors (Lipinski definition) is 1. The van der Waals surface area contributed by atoms with Crippen molar-refractivity contribution in [2.75, 3.05) is 0 Å². The van der Waals surface area contributed by atoms with Gasteiger partial charge in [0.25, 0.3) is 0 Å². The van der Waals surface area contributed by atoms with E-state index in [0.29, 0.717) is 16.7 Å². The van der Waals surface area contributed by atoms with Crippen molar-refractivity contribution in [3.05, 3.63) is 53.6 Å².